The highest BCUT2D eigenvalue weighted by atomic mass is 15.3. The van der Waals surface area contributed by atoms with E-state index in [0.717, 1.165) is 61.0 Å². The molecule has 0 aliphatic heterocycles. The molecule has 1 aliphatic carbocycles. The molecule has 9 aromatic rings. The molecule has 1 heterocycles. The van der Waals surface area contributed by atoms with Crippen molar-refractivity contribution in [2.24, 2.45) is 0 Å². The number of rotatable bonds is 6. The van der Waals surface area contributed by atoms with Crippen LogP contribution in [-0.4, -0.2) is 9.97 Å². The number of aromatic nitrogens is 2. The first kappa shape index (κ1) is 31.9. The molecule has 0 atom stereocenters. The van der Waals surface area contributed by atoms with E-state index in [0.29, 0.717) is 5.95 Å². The van der Waals surface area contributed by atoms with Gasteiger partial charge in [0.15, 0.2) is 0 Å². The van der Waals surface area contributed by atoms with Crippen LogP contribution in [0.5, 0.6) is 0 Å². The molecule has 0 amide bonds. The highest BCUT2D eigenvalue weighted by Gasteiger charge is 2.36. The second-order valence-corrected chi connectivity index (χ2v) is 14.6. The molecule has 1 aromatic heterocycles. The largest absolute Gasteiger partial charge is 0.279 e. The molecular formula is C51H37N3. The van der Waals surface area contributed by atoms with Gasteiger partial charge in [0.05, 0.1) is 16.9 Å². The minimum atomic E-state index is -0.178. The Hall–Kier alpha value is -6.84. The van der Waals surface area contributed by atoms with E-state index in [2.05, 4.69) is 207 Å². The van der Waals surface area contributed by atoms with Crippen LogP contribution < -0.4 is 4.90 Å². The molecule has 3 nitrogen and oxygen atoms in total. The number of anilines is 3. The third kappa shape index (κ3) is 5.20. The van der Waals surface area contributed by atoms with E-state index in [-0.39, 0.29) is 5.41 Å². The predicted molar refractivity (Wildman–Crippen MR) is 226 cm³/mol. The van der Waals surface area contributed by atoms with Gasteiger partial charge in [-0.15, -0.1) is 0 Å². The summed E-state index contributed by atoms with van der Waals surface area (Å²) in [5.41, 5.74) is 14.5. The summed E-state index contributed by atoms with van der Waals surface area (Å²) in [6.07, 6.45) is 0. The van der Waals surface area contributed by atoms with Crippen molar-refractivity contribution in [3.8, 4) is 44.6 Å². The van der Waals surface area contributed by atoms with Crippen LogP contribution in [-0.2, 0) is 5.41 Å². The smallest absolute Gasteiger partial charge is 0.235 e. The second-order valence-electron chi connectivity index (χ2n) is 14.6. The van der Waals surface area contributed by atoms with Crippen molar-refractivity contribution >= 4 is 39.0 Å². The van der Waals surface area contributed by atoms with Crippen LogP contribution in [0.2, 0.25) is 0 Å². The van der Waals surface area contributed by atoms with Crippen molar-refractivity contribution < 1.29 is 0 Å². The Morgan fingerprint density at radius 3 is 1.85 bits per heavy atom. The molecule has 0 spiro atoms. The Morgan fingerprint density at radius 2 is 1.07 bits per heavy atom. The molecule has 0 unspecified atom stereocenters. The van der Waals surface area contributed by atoms with Gasteiger partial charge >= 0.3 is 0 Å². The fraction of sp³-hybridized carbons (Fsp3) is 0.0588. The monoisotopic (exact) mass is 691 g/mol. The molecule has 0 fully saturated rings. The maximum absolute atomic E-state index is 5.54. The quantitative estimate of drug-likeness (QED) is 0.163. The summed E-state index contributed by atoms with van der Waals surface area (Å²) in [5.74, 6) is 0.621. The fourth-order valence-corrected chi connectivity index (χ4v) is 8.35. The Kier molecular flexibility index (Phi) is 7.48. The summed E-state index contributed by atoms with van der Waals surface area (Å²) in [6.45, 7) is 4.67. The highest BCUT2D eigenvalue weighted by molar-refractivity contribution is 6.10. The molecular weight excluding hydrogens is 655 g/mol. The Labute approximate surface area is 315 Å². The van der Waals surface area contributed by atoms with Gasteiger partial charge in [-0.2, -0.15) is 0 Å². The maximum Gasteiger partial charge on any atom is 0.235 e. The first-order valence-corrected chi connectivity index (χ1v) is 18.6. The van der Waals surface area contributed by atoms with Crippen LogP contribution in [0.4, 0.5) is 17.3 Å². The van der Waals surface area contributed by atoms with Gasteiger partial charge in [-0.05, 0) is 74.7 Å². The third-order valence-corrected chi connectivity index (χ3v) is 11.1. The highest BCUT2D eigenvalue weighted by Crippen LogP contribution is 2.51. The van der Waals surface area contributed by atoms with Crippen LogP contribution in [0.25, 0.3) is 66.3 Å². The molecule has 0 bridgehead atoms. The minimum absolute atomic E-state index is 0.178. The van der Waals surface area contributed by atoms with Gasteiger partial charge in [-0.1, -0.05) is 172 Å². The van der Waals surface area contributed by atoms with Crippen molar-refractivity contribution in [3.63, 3.8) is 0 Å². The zero-order valence-electron chi connectivity index (χ0n) is 30.2. The average molecular weight is 692 g/mol. The Morgan fingerprint density at radius 1 is 0.426 bits per heavy atom. The van der Waals surface area contributed by atoms with Crippen LogP contribution in [0.15, 0.2) is 188 Å². The van der Waals surface area contributed by atoms with Crippen molar-refractivity contribution in [2.45, 2.75) is 19.3 Å². The van der Waals surface area contributed by atoms with E-state index in [9.17, 15) is 0 Å². The van der Waals surface area contributed by atoms with Crippen LogP contribution in [0, 0.1) is 0 Å². The predicted octanol–water partition coefficient (Wildman–Crippen LogP) is 13.6. The summed E-state index contributed by atoms with van der Waals surface area (Å²) in [4.78, 5) is 13.4. The lowest BCUT2D eigenvalue weighted by Crippen LogP contribution is -2.18. The van der Waals surface area contributed by atoms with Crippen molar-refractivity contribution in [3.05, 3.63) is 199 Å². The molecule has 10 rings (SSSR count). The molecule has 8 aromatic carbocycles. The summed E-state index contributed by atoms with van der Waals surface area (Å²) < 4.78 is 0. The standard InChI is InChI=1S/C51H37N3/c1-51(2)45-25-15-14-24-41(45)42-30-28-39(33-46(42)51)54(47-31-27-38(34-16-6-3-7-17-34)32-44(47)35-18-8-4-9-19-35)50-52-48(37-21-10-5-11-22-37)43-29-26-36-20-12-13-23-40(36)49(43)53-50/h3-33H,1-2H3. The lowest BCUT2D eigenvalue weighted by Gasteiger charge is -2.29. The van der Waals surface area contributed by atoms with Gasteiger partial charge in [0.1, 0.15) is 0 Å². The number of nitrogens with zero attached hydrogens (tertiary/aromatic N) is 3. The topological polar surface area (TPSA) is 29.0 Å². The van der Waals surface area contributed by atoms with E-state index >= 15 is 0 Å². The minimum Gasteiger partial charge on any atom is -0.279 e. The van der Waals surface area contributed by atoms with Crippen molar-refractivity contribution in [1.82, 2.24) is 9.97 Å². The van der Waals surface area contributed by atoms with Gasteiger partial charge in [-0.25, -0.2) is 9.97 Å². The summed E-state index contributed by atoms with van der Waals surface area (Å²) in [6, 6.07) is 67.2. The molecule has 1 aliphatic rings. The maximum atomic E-state index is 5.54. The zero-order chi connectivity index (χ0) is 36.2. The van der Waals surface area contributed by atoms with Gasteiger partial charge in [0, 0.05) is 33.0 Å². The molecule has 3 heteroatoms. The van der Waals surface area contributed by atoms with E-state index in [1.807, 2.05) is 0 Å². The van der Waals surface area contributed by atoms with E-state index in [4.69, 9.17) is 9.97 Å². The number of hydrogen-bond acceptors (Lipinski definition) is 3. The van der Waals surface area contributed by atoms with Crippen LogP contribution in [0.1, 0.15) is 25.0 Å². The molecule has 256 valence electrons. The zero-order valence-corrected chi connectivity index (χ0v) is 30.2. The number of benzene rings is 8. The van der Waals surface area contributed by atoms with E-state index in [1.54, 1.807) is 0 Å². The van der Waals surface area contributed by atoms with Gasteiger partial charge in [0.2, 0.25) is 5.95 Å². The number of hydrogen-bond donors (Lipinski definition) is 0. The molecule has 0 N–H and O–H groups in total. The van der Waals surface area contributed by atoms with Crippen LogP contribution >= 0.6 is 0 Å². The van der Waals surface area contributed by atoms with E-state index in [1.165, 1.54) is 27.8 Å². The lowest BCUT2D eigenvalue weighted by molar-refractivity contribution is 0.660. The Bertz CT molecular complexity index is 2840. The molecule has 0 radical (unpaired) electrons. The summed E-state index contributed by atoms with van der Waals surface area (Å²) in [5, 5.41) is 3.27. The van der Waals surface area contributed by atoms with Gasteiger partial charge in [0.25, 0.3) is 0 Å². The van der Waals surface area contributed by atoms with Gasteiger partial charge in [-0.3, -0.25) is 4.90 Å². The second kappa shape index (κ2) is 12.7. The van der Waals surface area contributed by atoms with E-state index < -0.39 is 0 Å². The average Bonchev–Trinajstić information content (AvgIpc) is 3.47. The molecule has 0 saturated carbocycles. The summed E-state index contributed by atoms with van der Waals surface area (Å²) in [7, 11) is 0. The van der Waals surface area contributed by atoms with Gasteiger partial charge < -0.3 is 0 Å². The first-order valence-electron chi connectivity index (χ1n) is 18.6. The van der Waals surface area contributed by atoms with Crippen molar-refractivity contribution in [1.29, 1.82) is 0 Å². The van der Waals surface area contributed by atoms with Crippen molar-refractivity contribution in [2.75, 3.05) is 4.90 Å². The molecule has 0 saturated heterocycles. The normalized spacial score (nSPS) is 12.8. The lowest BCUT2D eigenvalue weighted by atomic mass is 9.82. The third-order valence-electron chi connectivity index (χ3n) is 11.1. The fourth-order valence-electron chi connectivity index (χ4n) is 8.35. The molecule has 54 heavy (non-hydrogen) atoms. The number of fused-ring (bicyclic) bond motifs is 6. The first-order chi connectivity index (χ1) is 26.5. The Balaban J connectivity index is 1.29. The van der Waals surface area contributed by atoms with Crippen LogP contribution in [0.3, 0.4) is 0 Å². The SMILES string of the molecule is CC1(C)c2ccccc2-c2ccc(N(c3nc(-c4ccccc4)c4ccc5ccccc5c4n3)c3ccc(-c4ccccc4)cc3-c3ccccc3)cc21. The summed E-state index contributed by atoms with van der Waals surface area (Å²) >= 11 is 0.